The molecule has 9 heteroatoms. The topological polar surface area (TPSA) is 84.3 Å². The second-order valence-electron chi connectivity index (χ2n) is 5.38. The number of benzene rings is 2. The van der Waals surface area contributed by atoms with E-state index in [4.69, 9.17) is 23.2 Å². The van der Waals surface area contributed by atoms with Crippen LogP contribution in [0.1, 0.15) is 13.8 Å². The summed E-state index contributed by atoms with van der Waals surface area (Å²) in [4.78, 5) is 23.3. The summed E-state index contributed by atoms with van der Waals surface area (Å²) in [5.74, 6) is 0. The Morgan fingerprint density at radius 1 is 1.16 bits per heavy atom. The van der Waals surface area contributed by atoms with E-state index < -0.39 is 4.92 Å². The molecule has 0 unspecified atom stereocenters. The number of rotatable bonds is 5. The van der Waals surface area contributed by atoms with Crippen molar-refractivity contribution in [3.63, 3.8) is 0 Å². The Labute approximate surface area is 159 Å². The SMILES string of the molecule is CC(C)NC(=O)Nc1cc(Cl)c(Sc2ccc([N+](=O)[O-])cc2)c(Cl)c1. The van der Waals surface area contributed by atoms with Gasteiger partial charge in [0.25, 0.3) is 5.69 Å². The Bertz CT molecular complexity index is 775. The van der Waals surface area contributed by atoms with Crippen molar-refractivity contribution in [2.45, 2.75) is 29.7 Å². The first kappa shape index (κ1) is 19.4. The van der Waals surface area contributed by atoms with Crippen molar-refractivity contribution in [2.24, 2.45) is 0 Å². The lowest BCUT2D eigenvalue weighted by Gasteiger charge is -2.13. The van der Waals surface area contributed by atoms with E-state index in [0.29, 0.717) is 20.6 Å². The molecule has 0 spiro atoms. The van der Waals surface area contributed by atoms with E-state index in [-0.39, 0.29) is 17.8 Å². The molecule has 0 bridgehead atoms. The Morgan fingerprint density at radius 2 is 1.72 bits per heavy atom. The van der Waals surface area contributed by atoms with Gasteiger partial charge < -0.3 is 10.6 Å². The Balaban J connectivity index is 2.16. The summed E-state index contributed by atoms with van der Waals surface area (Å²) in [5.41, 5.74) is 0.485. The fraction of sp³-hybridized carbons (Fsp3) is 0.188. The molecular formula is C16H15Cl2N3O3S. The zero-order valence-electron chi connectivity index (χ0n) is 13.4. The van der Waals surface area contributed by atoms with Crippen molar-refractivity contribution < 1.29 is 9.72 Å². The van der Waals surface area contributed by atoms with Crippen LogP contribution in [0.2, 0.25) is 10.0 Å². The summed E-state index contributed by atoms with van der Waals surface area (Å²) in [6.45, 7) is 3.70. The number of carbonyl (C=O) groups is 1. The molecule has 2 aromatic rings. The highest BCUT2D eigenvalue weighted by atomic mass is 35.5. The van der Waals surface area contributed by atoms with Crippen LogP contribution < -0.4 is 10.6 Å². The zero-order chi connectivity index (χ0) is 18.6. The average Bonchev–Trinajstić information content (AvgIpc) is 2.50. The van der Waals surface area contributed by atoms with Crippen molar-refractivity contribution in [3.05, 3.63) is 56.6 Å². The fourth-order valence-corrected chi connectivity index (χ4v) is 3.45. The van der Waals surface area contributed by atoms with Crippen molar-refractivity contribution in [3.8, 4) is 0 Å². The molecule has 25 heavy (non-hydrogen) atoms. The minimum Gasteiger partial charge on any atom is -0.336 e. The monoisotopic (exact) mass is 399 g/mol. The average molecular weight is 400 g/mol. The van der Waals surface area contributed by atoms with Crippen LogP contribution in [-0.2, 0) is 0 Å². The van der Waals surface area contributed by atoms with E-state index in [9.17, 15) is 14.9 Å². The zero-order valence-corrected chi connectivity index (χ0v) is 15.7. The summed E-state index contributed by atoms with van der Waals surface area (Å²) in [5, 5.41) is 16.8. The Morgan fingerprint density at radius 3 is 2.20 bits per heavy atom. The third-order valence-electron chi connectivity index (χ3n) is 2.94. The maximum absolute atomic E-state index is 11.7. The molecule has 132 valence electrons. The first-order valence-corrected chi connectivity index (χ1v) is 8.82. The van der Waals surface area contributed by atoms with Gasteiger partial charge in [-0.05, 0) is 38.1 Å². The standard InChI is InChI=1S/C16H15Cl2N3O3S/c1-9(2)19-16(22)20-10-7-13(17)15(14(18)8-10)25-12-5-3-11(4-6-12)21(23)24/h3-9H,1-2H3,(H2,19,20,22). The molecule has 0 atom stereocenters. The molecule has 0 fully saturated rings. The highest BCUT2D eigenvalue weighted by Crippen LogP contribution is 2.40. The number of non-ortho nitro benzene ring substituents is 1. The number of hydrogen-bond donors (Lipinski definition) is 2. The van der Waals surface area contributed by atoms with Crippen LogP contribution in [-0.4, -0.2) is 17.0 Å². The van der Waals surface area contributed by atoms with Gasteiger partial charge in [0.2, 0.25) is 0 Å². The van der Waals surface area contributed by atoms with E-state index in [1.807, 2.05) is 13.8 Å². The van der Waals surface area contributed by atoms with Gasteiger partial charge in [0.15, 0.2) is 0 Å². The first-order valence-electron chi connectivity index (χ1n) is 7.25. The van der Waals surface area contributed by atoms with Gasteiger partial charge in [0.05, 0.1) is 15.0 Å². The lowest BCUT2D eigenvalue weighted by molar-refractivity contribution is -0.384. The number of halogens is 2. The number of nitro groups is 1. The molecule has 2 aromatic carbocycles. The summed E-state index contributed by atoms with van der Waals surface area (Å²) in [7, 11) is 0. The van der Waals surface area contributed by atoms with Gasteiger partial charge in [-0.25, -0.2) is 4.79 Å². The number of nitro benzene ring substituents is 1. The summed E-state index contributed by atoms with van der Waals surface area (Å²) < 4.78 is 0. The molecule has 0 heterocycles. The number of amides is 2. The first-order chi connectivity index (χ1) is 11.8. The molecule has 0 aliphatic rings. The number of nitrogens with one attached hydrogen (secondary N) is 2. The minimum atomic E-state index is -0.461. The van der Waals surface area contributed by atoms with Crippen molar-refractivity contribution >= 4 is 52.4 Å². The van der Waals surface area contributed by atoms with Crippen LogP contribution in [0, 0.1) is 10.1 Å². The van der Waals surface area contributed by atoms with Crippen molar-refractivity contribution in [1.82, 2.24) is 5.32 Å². The number of urea groups is 1. The molecule has 0 saturated carbocycles. The second-order valence-corrected chi connectivity index (χ2v) is 7.27. The Hall–Kier alpha value is -1.96. The Kier molecular flexibility index (Phi) is 6.52. The van der Waals surface area contributed by atoms with Gasteiger partial charge >= 0.3 is 6.03 Å². The highest BCUT2D eigenvalue weighted by Gasteiger charge is 2.13. The normalized spacial score (nSPS) is 10.6. The van der Waals surface area contributed by atoms with Crippen molar-refractivity contribution in [1.29, 1.82) is 0 Å². The molecule has 0 aliphatic heterocycles. The molecule has 0 aliphatic carbocycles. The van der Waals surface area contributed by atoms with Gasteiger partial charge in [-0.15, -0.1) is 0 Å². The fourth-order valence-electron chi connectivity index (χ4n) is 1.91. The molecule has 0 saturated heterocycles. The number of carbonyl (C=O) groups excluding carboxylic acids is 1. The maximum atomic E-state index is 11.7. The van der Waals surface area contributed by atoms with Crippen LogP contribution >= 0.6 is 35.0 Å². The predicted molar refractivity (Wildman–Crippen MR) is 101 cm³/mol. The number of anilines is 1. The van der Waals surface area contributed by atoms with Gasteiger partial charge in [-0.3, -0.25) is 10.1 Å². The lowest BCUT2D eigenvalue weighted by atomic mass is 10.3. The maximum Gasteiger partial charge on any atom is 0.319 e. The van der Waals surface area contributed by atoms with Crippen LogP contribution in [0.3, 0.4) is 0 Å². The van der Waals surface area contributed by atoms with Crippen LogP contribution in [0.4, 0.5) is 16.2 Å². The number of hydrogen-bond acceptors (Lipinski definition) is 4. The van der Waals surface area contributed by atoms with E-state index in [1.54, 1.807) is 24.3 Å². The van der Waals surface area contributed by atoms with Crippen LogP contribution in [0.15, 0.2) is 46.2 Å². The smallest absolute Gasteiger partial charge is 0.319 e. The quantitative estimate of drug-likeness (QED) is 0.507. The lowest BCUT2D eigenvalue weighted by Crippen LogP contribution is -2.34. The number of nitrogens with zero attached hydrogens (tertiary/aromatic N) is 1. The second kappa shape index (κ2) is 8.42. The molecule has 0 aromatic heterocycles. The summed E-state index contributed by atoms with van der Waals surface area (Å²) >= 11 is 13.8. The van der Waals surface area contributed by atoms with Crippen LogP contribution in [0.25, 0.3) is 0 Å². The van der Waals surface area contributed by atoms with Gasteiger partial charge in [0, 0.05) is 33.7 Å². The van der Waals surface area contributed by atoms with Gasteiger partial charge in [0.1, 0.15) is 0 Å². The molecule has 0 radical (unpaired) electrons. The van der Waals surface area contributed by atoms with Crippen LogP contribution in [0.5, 0.6) is 0 Å². The minimum absolute atomic E-state index is 0.00269. The molecule has 2 rings (SSSR count). The van der Waals surface area contributed by atoms with E-state index >= 15 is 0 Å². The molecule has 2 N–H and O–H groups in total. The van der Waals surface area contributed by atoms with Gasteiger partial charge in [-0.1, -0.05) is 35.0 Å². The third-order valence-corrected chi connectivity index (χ3v) is 4.92. The predicted octanol–water partition coefficient (Wildman–Crippen LogP) is 5.58. The van der Waals surface area contributed by atoms with Crippen molar-refractivity contribution in [2.75, 3.05) is 5.32 Å². The highest BCUT2D eigenvalue weighted by molar-refractivity contribution is 7.99. The van der Waals surface area contributed by atoms with Gasteiger partial charge in [-0.2, -0.15) is 0 Å². The van der Waals surface area contributed by atoms with E-state index in [1.165, 1.54) is 23.9 Å². The third kappa shape index (κ3) is 5.52. The molecule has 2 amide bonds. The molecular weight excluding hydrogens is 385 g/mol. The van der Waals surface area contributed by atoms with E-state index in [2.05, 4.69) is 10.6 Å². The van der Waals surface area contributed by atoms with E-state index in [0.717, 1.165) is 4.90 Å². The summed E-state index contributed by atoms with van der Waals surface area (Å²) in [6, 6.07) is 8.92. The largest absolute Gasteiger partial charge is 0.336 e. The molecule has 6 nitrogen and oxygen atoms in total. The summed E-state index contributed by atoms with van der Waals surface area (Å²) in [6.07, 6.45) is 0.